The van der Waals surface area contributed by atoms with Crippen molar-refractivity contribution in [1.29, 1.82) is 0 Å². The van der Waals surface area contributed by atoms with Crippen molar-refractivity contribution in [3.8, 4) is 0 Å². The molecule has 2 rings (SSSR count). The van der Waals surface area contributed by atoms with E-state index in [2.05, 4.69) is 53.6 Å². The minimum atomic E-state index is 0.418. The average Bonchev–Trinajstić information content (AvgIpc) is 2.83. The van der Waals surface area contributed by atoms with Crippen LogP contribution in [0, 0.1) is 5.92 Å². The first-order valence-corrected chi connectivity index (χ1v) is 6.46. The molecule has 0 amide bonds. The zero-order chi connectivity index (χ0) is 11.1. The molecule has 0 heterocycles. The quantitative estimate of drug-likeness (QED) is 0.427. The highest BCUT2D eigenvalue weighted by molar-refractivity contribution is 7.99. The Kier molecular flexibility index (Phi) is 4.44. The lowest BCUT2D eigenvalue weighted by Crippen LogP contribution is -1.93. The van der Waals surface area contributed by atoms with Crippen molar-refractivity contribution in [2.24, 2.45) is 10.9 Å². The second kappa shape index (κ2) is 6.33. The molecule has 1 aromatic carbocycles. The van der Waals surface area contributed by atoms with Crippen molar-refractivity contribution in [1.82, 2.24) is 0 Å². The van der Waals surface area contributed by atoms with Gasteiger partial charge in [-0.25, -0.2) is 0 Å². The van der Waals surface area contributed by atoms with Gasteiger partial charge in [0.1, 0.15) is 0 Å². The lowest BCUT2D eigenvalue weighted by atomic mass is 10.2. The molecule has 0 spiro atoms. The normalized spacial score (nSPS) is 15.2. The summed E-state index contributed by atoms with van der Waals surface area (Å²) in [4.78, 5) is 5.74. The maximum atomic E-state index is 4.42. The molecule has 1 aliphatic carbocycles. The van der Waals surface area contributed by atoms with E-state index < -0.39 is 0 Å². The van der Waals surface area contributed by atoms with E-state index in [0.29, 0.717) is 5.92 Å². The standard InChI is InChI=1S/C14H15NS/c1-2-8-14(9-3-1)16-11-10-15-12-13-6-4-5-7-13/h1-9,12-13H,10-11H2. The second-order valence-corrected chi connectivity index (χ2v) is 4.73. The number of allylic oxidation sites excluding steroid dienone is 4. The number of hydrogen-bond acceptors (Lipinski definition) is 2. The maximum absolute atomic E-state index is 4.42. The Morgan fingerprint density at radius 2 is 1.88 bits per heavy atom. The van der Waals surface area contributed by atoms with Gasteiger partial charge in [0, 0.05) is 29.3 Å². The van der Waals surface area contributed by atoms with E-state index in [0.717, 1.165) is 12.3 Å². The second-order valence-electron chi connectivity index (χ2n) is 3.56. The van der Waals surface area contributed by atoms with E-state index in [9.17, 15) is 0 Å². The fourth-order valence-corrected chi connectivity index (χ4v) is 2.26. The van der Waals surface area contributed by atoms with Gasteiger partial charge in [-0.15, -0.1) is 11.8 Å². The number of thioether (sulfide) groups is 1. The Morgan fingerprint density at radius 1 is 1.12 bits per heavy atom. The monoisotopic (exact) mass is 229 g/mol. The van der Waals surface area contributed by atoms with Crippen LogP contribution in [-0.4, -0.2) is 18.5 Å². The third-order valence-electron chi connectivity index (χ3n) is 2.29. The summed E-state index contributed by atoms with van der Waals surface area (Å²) in [6.45, 7) is 0.887. The van der Waals surface area contributed by atoms with Crippen LogP contribution in [0.5, 0.6) is 0 Å². The summed E-state index contributed by atoms with van der Waals surface area (Å²) in [6, 6.07) is 10.5. The first-order chi connectivity index (χ1) is 7.95. The van der Waals surface area contributed by atoms with Crippen LogP contribution in [0.3, 0.4) is 0 Å². The third-order valence-corrected chi connectivity index (χ3v) is 3.28. The molecule has 0 fully saturated rings. The third kappa shape index (κ3) is 3.70. The van der Waals surface area contributed by atoms with Crippen LogP contribution in [-0.2, 0) is 0 Å². The molecule has 16 heavy (non-hydrogen) atoms. The lowest BCUT2D eigenvalue weighted by molar-refractivity contribution is 1.10. The molecule has 2 heteroatoms. The van der Waals surface area contributed by atoms with E-state index in [1.54, 1.807) is 0 Å². The van der Waals surface area contributed by atoms with Gasteiger partial charge in [-0.05, 0) is 12.1 Å². The number of rotatable bonds is 5. The molecule has 1 nitrogen and oxygen atoms in total. The Balaban J connectivity index is 1.65. The molecule has 0 N–H and O–H groups in total. The number of benzene rings is 1. The Morgan fingerprint density at radius 3 is 2.62 bits per heavy atom. The summed E-state index contributed by atoms with van der Waals surface area (Å²) in [5.74, 6) is 1.46. The van der Waals surface area contributed by atoms with Crippen LogP contribution in [0.25, 0.3) is 0 Å². The molecule has 0 saturated carbocycles. The predicted molar refractivity (Wildman–Crippen MR) is 72.3 cm³/mol. The minimum Gasteiger partial charge on any atom is -0.296 e. The number of nitrogens with zero attached hydrogens (tertiary/aromatic N) is 1. The SMILES string of the molecule is C1=CC(C=NCCSc2ccccc2)C=C1. The Hall–Kier alpha value is -1.28. The summed E-state index contributed by atoms with van der Waals surface area (Å²) in [5, 5.41) is 0. The molecule has 0 aliphatic heterocycles. The smallest absolute Gasteiger partial charge is 0.0480 e. The number of hydrogen-bond donors (Lipinski definition) is 0. The van der Waals surface area contributed by atoms with E-state index in [4.69, 9.17) is 0 Å². The number of aliphatic imine (C=N–C) groups is 1. The predicted octanol–water partition coefficient (Wildman–Crippen LogP) is 3.59. The van der Waals surface area contributed by atoms with Gasteiger partial charge in [-0.2, -0.15) is 0 Å². The minimum absolute atomic E-state index is 0.418. The Labute approximate surface area is 101 Å². The van der Waals surface area contributed by atoms with Crippen LogP contribution in [0.2, 0.25) is 0 Å². The van der Waals surface area contributed by atoms with Gasteiger partial charge in [-0.1, -0.05) is 42.5 Å². The van der Waals surface area contributed by atoms with Crippen LogP contribution < -0.4 is 0 Å². The molecular weight excluding hydrogens is 214 g/mol. The highest BCUT2D eigenvalue weighted by atomic mass is 32.2. The van der Waals surface area contributed by atoms with E-state index in [-0.39, 0.29) is 0 Å². The molecule has 0 aromatic heterocycles. The molecule has 82 valence electrons. The van der Waals surface area contributed by atoms with Gasteiger partial charge in [0.05, 0.1) is 0 Å². The molecule has 0 atom stereocenters. The van der Waals surface area contributed by atoms with Gasteiger partial charge >= 0.3 is 0 Å². The molecule has 1 aliphatic rings. The summed E-state index contributed by atoms with van der Waals surface area (Å²) in [6.07, 6.45) is 10.4. The fourth-order valence-electron chi connectivity index (χ4n) is 1.48. The highest BCUT2D eigenvalue weighted by Crippen LogP contribution is 2.16. The van der Waals surface area contributed by atoms with Crippen molar-refractivity contribution in [3.63, 3.8) is 0 Å². The topological polar surface area (TPSA) is 12.4 Å². The van der Waals surface area contributed by atoms with Crippen molar-refractivity contribution in [3.05, 3.63) is 54.6 Å². The van der Waals surface area contributed by atoms with Crippen LogP contribution in [0.15, 0.2) is 64.5 Å². The first kappa shape index (κ1) is 11.2. The van der Waals surface area contributed by atoms with Gasteiger partial charge in [-0.3, -0.25) is 4.99 Å². The molecule has 0 radical (unpaired) electrons. The van der Waals surface area contributed by atoms with E-state index >= 15 is 0 Å². The first-order valence-electron chi connectivity index (χ1n) is 5.48. The summed E-state index contributed by atoms with van der Waals surface area (Å²) in [5.41, 5.74) is 0. The molecular formula is C14H15NS. The van der Waals surface area contributed by atoms with Crippen molar-refractivity contribution in [2.75, 3.05) is 12.3 Å². The lowest BCUT2D eigenvalue weighted by Gasteiger charge is -1.98. The zero-order valence-electron chi connectivity index (χ0n) is 9.12. The zero-order valence-corrected chi connectivity index (χ0v) is 9.94. The fraction of sp³-hybridized carbons (Fsp3) is 0.214. The van der Waals surface area contributed by atoms with Crippen LogP contribution in [0.1, 0.15) is 0 Å². The summed E-state index contributed by atoms with van der Waals surface area (Å²) in [7, 11) is 0. The highest BCUT2D eigenvalue weighted by Gasteiger charge is 1.97. The largest absolute Gasteiger partial charge is 0.296 e. The van der Waals surface area contributed by atoms with Crippen molar-refractivity contribution < 1.29 is 0 Å². The van der Waals surface area contributed by atoms with Gasteiger partial charge in [0.25, 0.3) is 0 Å². The summed E-state index contributed by atoms with van der Waals surface area (Å²) >= 11 is 1.85. The van der Waals surface area contributed by atoms with Crippen molar-refractivity contribution in [2.45, 2.75) is 4.90 Å². The van der Waals surface area contributed by atoms with Gasteiger partial charge < -0.3 is 0 Å². The van der Waals surface area contributed by atoms with Crippen LogP contribution in [0.4, 0.5) is 0 Å². The maximum Gasteiger partial charge on any atom is 0.0480 e. The molecule has 0 saturated heterocycles. The van der Waals surface area contributed by atoms with E-state index in [1.165, 1.54) is 4.90 Å². The van der Waals surface area contributed by atoms with Crippen LogP contribution >= 0.6 is 11.8 Å². The Bertz CT molecular complexity index is 380. The van der Waals surface area contributed by atoms with Crippen molar-refractivity contribution >= 4 is 18.0 Å². The molecule has 0 bridgehead atoms. The van der Waals surface area contributed by atoms with Gasteiger partial charge in [0.2, 0.25) is 0 Å². The van der Waals surface area contributed by atoms with Gasteiger partial charge in [0.15, 0.2) is 0 Å². The summed E-state index contributed by atoms with van der Waals surface area (Å²) < 4.78 is 0. The average molecular weight is 229 g/mol. The van der Waals surface area contributed by atoms with E-state index in [1.807, 2.05) is 24.0 Å². The molecule has 1 aromatic rings. The molecule has 0 unspecified atom stereocenters.